The average molecular weight is 943 g/mol. The van der Waals surface area contributed by atoms with Gasteiger partial charge in [0.25, 0.3) is 0 Å². The van der Waals surface area contributed by atoms with Crippen LogP contribution in [0.15, 0.2) is 194 Å². The van der Waals surface area contributed by atoms with Crippen molar-refractivity contribution in [2.24, 2.45) is 0 Å². The lowest BCUT2D eigenvalue weighted by Gasteiger charge is -2.48. The van der Waals surface area contributed by atoms with Crippen molar-refractivity contribution in [2.45, 2.75) is 83.5 Å². The Morgan fingerprint density at radius 3 is 0.918 bits per heavy atom. The summed E-state index contributed by atoms with van der Waals surface area (Å²) in [6.45, 7) is 37.2. The van der Waals surface area contributed by atoms with E-state index in [4.69, 9.17) is 6.57 Å². The van der Waals surface area contributed by atoms with Crippen LogP contribution in [0.5, 0.6) is 0 Å². The van der Waals surface area contributed by atoms with Gasteiger partial charge in [0.05, 0.1) is 35.9 Å². The highest BCUT2D eigenvalue weighted by atomic mass is 15.2. The number of hydrogen-bond donors (Lipinski definition) is 0. The molecule has 12 rings (SSSR count). The summed E-state index contributed by atoms with van der Waals surface area (Å²) in [5, 5.41) is 0. The molecule has 4 heteroatoms. The van der Waals surface area contributed by atoms with Gasteiger partial charge in [-0.2, -0.15) is 0 Å². The fourth-order valence-corrected chi connectivity index (χ4v) is 13.1. The molecule has 2 aliphatic heterocycles. The first kappa shape index (κ1) is 45.7. The number of fused-ring (bicyclic) bond motifs is 5. The van der Waals surface area contributed by atoms with E-state index in [0.29, 0.717) is 11.4 Å². The zero-order valence-corrected chi connectivity index (χ0v) is 43.0. The zero-order chi connectivity index (χ0) is 50.6. The lowest BCUT2D eigenvalue weighted by Crippen LogP contribution is -2.34. The van der Waals surface area contributed by atoms with Crippen molar-refractivity contribution in [1.82, 2.24) is 0 Å². The van der Waals surface area contributed by atoms with Crippen LogP contribution in [0, 0.1) is 13.1 Å². The Balaban J connectivity index is 1.25. The molecule has 0 aromatic heterocycles. The minimum Gasteiger partial charge on any atom is -0.319 e. The lowest BCUT2D eigenvalue weighted by atomic mass is 9.71. The van der Waals surface area contributed by atoms with E-state index in [9.17, 15) is 6.57 Å². The van der Waals surface area contributed by atoms with Crippen LogP contribution in [-0.2, 0) is 21.7 Å². The fourth-order valence-electron chi connectivity index (χ4n) is 13.1. The van der Waals surface area contributed by atoms with Crippen LogP contribution >= 0.6 is 0 Å². The predicted octanol–water partition coefficient (Wildman–Crippen LogP) is 19.6. The summed E-state index contributed by atoms with van der Waals surface area (Å²) >= 11 is 0. The molecule has 0 amide bonds. The van der Waals surface area contributed by atoms with Crippen LogP contribution in [0.2, 0.25) is 0 Å². The van der Waals surface area contributed by atoms with Gasteiger partial charge in [0.2, 0.25) is 11.4 Å². The van der Waals surface area contributed by atoms with Crippen LogP contribution in [-0.4, -0.2) is 0 Å². The van der Waals surface area contributed by atoms with Gasteiger partial charge in [-0.15, -0.1) is 0 Å². The van der Waals surface area contributed by atoms with Gasteiger partial charge < -0.3 is 9.80 Å². The lowest BCUT2D eigenvalue weighted by molar-refractivity contribution is 0.404. The molecule has 0 atom stereocenters. The van der Waals surface area contributed by atoms with Crippen molar-refractivity contribution in [3.63, 3.8) is 0 Å². The summed E-state index contributed by atoms with van der Waals surface area (Å²) in [6, 6.07) is 70.3. The van der Waals surface area contributed by atoms with Crippen molar-refractivity contribution in [2.75, 3.05) is 9.80 Å². The number of anilines is 6. The first-order chi connectivity index (χ1) is 35.1. The van der Waals surface area contributed by atoms with Crippen LogP contribution in [0.4, 0.5) is 45.5 Å². The highest BCUT2D eigenvalue weighted by Crippen LogP contribution is 2.68. The van der Waals surface area contributed by atoms with Crippen LogP contribution in [0.3, 0.4) is 0 Å². The van der Waals surface area contributed by atoms with E-state index in [1.54, 1.807) is 0 Å². The molecule has 2 heterocycles. The molecule has 0 radical (unpaired) electrons. The molecule has 0 unspecified atom stereocenters. The molecule has 0 N–H and O–H groups in total. The molecule has 0 fully saturated rings. The van der Waals surface area contributed by atoms with Gasteiger partial charge in [-0.25, -0.2) is 9.69 Å². The third-order valence-electron chi connectivity index (χ3n) is 16.4. The monoisotopic (exact) mass is 942 g/mol. The number of rotatable bonds is 6. The molecule has 0 spiro atoms. The van der Waals surface area contributed by atoms with Gasteiger partial charge in [-0.3, -0.25) is 0 Å². The SMILES string of the molecule is [C-]#[N+]c1c([N+]#[C-])c2c(c(N3c4ccc(-c5ccccc5)cc4C(C)(C)c4cc(-c5ccccc5)ccc43)c1N1c3ccc(-c4ccccc4)cc3C(C)(C)c3cc(-c4ccccc4)ccc31)C(C)(C)CC2(C)C. The van der Waals surface area contributed by atoms with Crippen molar-refractivity contribution >= 4 is 45.5 Å². The van der Waals surface area contributed by atoms with Gasteiger partial charge in [0, 0.05) is 22.2 Å². The Kier molecular flexibility index (Phi) is 10.4. The Bertz CT molecular complexity index is 3590. The molecule has 1 aliphatic carbocycles. The molecule has 73 heavy (non-hydrogen) atoms. The quantitative estimate of drug-likeness (QED) is 0.154. The van der Waals surface area contributed by atoms with Gasteiger partial charge in [0.1, 0.15) is 0 Å². The Morgan fingerprint density at radius 2 is 0.616 bits per heavy atom. The average Bonchev–Trinajstić information content (AvgIpc) is 3.61. The second kappa shape index (κ2) is 16.6. The largest absolute Gasteiger partial charge is 0.319 e. The predicted molar refractivity (Wildman–Crippen MR) is 305 cm³/mol. The summed E-state index contributed by atoms with van der Waals surface area (Å²) in [5.74, 6) is 0. The summed E-state index contributed by atoms with van der Waals surface area (Å²) in [5.41, 5.74) is 20.9. The maximum Gasteiger partial charge on any atom is 0.220 e. The van der Waals surface area contributed by atoms with E-state index >= 15 is 0 Å². The van der Waals surface area contributed by atoms with E-state index in [1.807, 2.05) is 0 Å². The van der Waals surface area contributed by atoms with Crippen LogP contribution in [0.1, 0.15) is 95.2 Å². The summed E-state index contributed by atoms with van der Waals surface area (Å²) in [4.78, 5) is 13.9. The summed E-state index contributed by atoms with van der Waals surface area (Å²) < 4.78 is 0. The minimum atomic E-state index is -0.466. The van der Waals surface area contributed by atoms with Gasteiger partial charge in [-0.1, -0.05) is 201 Å². The molecule has 354 valence electrons. The standard InChI is InChI=1S/C69H58N4/c1-66(2)43-67(3,4)61-60(66)62(70-9)63(71-10)65(73-58-37-33-50(46-27-19-13-20-28-46)41-54(58)69(7,8)55-42-51(34-38-59(55)73)47-29-21-14-22-30-47)64(61)72-56-35-31-48(44-23-15-11-16-24-44)39-52(56)68(5,6)53-40-49(32-36-57(53)72)45-25-17-12-18-26-45/h11-42H,43H2,1-8H3. The van der Waals surface area contributed by atoms with E-state index in [-0.39, 0.29) is 0 Å². The minimum absolute atomic E-state index is 0.375. The van der Waals surface area contributed by atoms with Crippen LogP contribution in [0.25, 0.3) is 54.2 Å². The Hall–Kier alpha value is -8.44. The molecule has 4 nitrogen and oxygen atoms in total. The smallest absolute Gasteiger partial charge is 0.220 e. The van der Waals surface area contributed by atoms with E-state index < -0.39 is 21.7 Å². The fraction of sp³-hybridized carbons (Fsp3) is 0.188. The third kappa shape index (κ3) is 7.00. The normalized spacial score (nSPS) is 16.0. The highest BCUT2D eigenvalue weighted by Gasteiger charge is 2.51. The first-order valence-electron chi connectivity index (χ1n) is 25.5. The molecular weight excluding hydrogens is 885 g/mol. The van der Waals surface area contributed by atoms with E-state index in [1.165, 1.54) is 11.1 Å². The van der Waals surface area contributed by atoms with E-state index in [2.05, 4.69) is 269 Å². The molecule has 9 aromatic rings. The maximum atomic E-state index is 9.42. The molecule has 9 aromatic carbocycles. The third-order valence-corrected chi connectivity index (χ3v) is 16.4. The summed E-state index contributed by atoms with van der Waals surface area (Å²) in [7, 11) is 0. The molecular formula is C69H58N4. The van der Waals surface area contributed by atoms with Gasteiger partial charge in [0.15, 0.2) is 0 Å². The zero-order valence-electron chi connectivity index (χ0n) is 43.0. The second-order valence-corrected chi connectivity index (χ2v) is 22.6. The van der Waals surface area contributed by atoms with Crippen molar-refractivity contribution in [3.8, 4) is 44.5 Å². The number of hydrogen-bond acceptors (Lipinski definition) is 2. The highest BCUT2D eigenvalue weighted by molar-refractivity contribution is 6.09. The molecule has 3 aliphatic rings. The van der Waals surface area contributed by atoms with Crippen molar-refractivity contribution < 1.29 is 0 Å². The van der Waals surface area contributed by atoms with Gasteiger partial charge in [-0.05, 0) is 144 Å². The Labute approximate surface area is 431 Å². The molecule has 0 saturated heterocycles. The first-order valence-corrected chi connectivity index (χ1v) is 25.5. The molecule has 0 bridgehead atoms. The number of nitrogens with zero attached hydrogens (tertiary/aromatic N) is 4. The number of benzene rings is 9. The molecule has 0 saturated carbocycles. The maximum absolute atomic E-state index is 9.42. The van der Waals surface area contributed by atoms with E-state index in [0.717, 1.165) is 107 Å². The second-order valence-electron chi connectivity index (χ2n) is 22.6. The Morgan fingerprint density at radius 1 is 0.329 bits per heavy atom. The van der Waals surface area contributed by atoms with Crippen molar-refractivity contribution in [3.05, 3.63) is 250 Å². The van der Waals surface area contributed by atoms with Crippen molar-refractivity contribution in [1.29, 1.82) is 0 Å². The van der Waals surface area contributed by atoms with Crippen LogP contribution < -0.4 is 9.80 Å². The summed E-state index contributed by atoms with van der Waals surface area (Å²) in [6.07, 6.45) is 0.811. The van der Waals surface area contributed by atoms with Gasteiger partial charge >= 0.3 is 0 Å². The topological polar surface area (TPSA) is 15.2 Å².